The van der Waals surface area contributed by atoms with E-state index in [1.165, 1.54) is 103 Å². The minimum Gasteiger partial charge on any atom is -0.344 e. The molecule has 174 valence electrons. The predicted octanol–water partition coefficient (Wildman–Crippen LogP) is 9.10. The molecule has 0 aliphatic carbocycles. The van der Waals surface area contributed by atoms with Crippen LogP contribution in [0.1, 0.15) is 142 Å². The molecule has 0 aliphatic heterocycles. The zero-order valence-corrected chi connectivity index (χ0v) is 21.1. The van der Waals surface area contributed by atoms with E-state index < -0.39 is 7.37 Å². The summed E-state index contributed by atoms with van der Waals surface area (Å²) in [6.45, 7) is 4.52. The Morgan fingerprint density at radius 1 is 0.464 bits per heavy atom. The Hall–Kier alpha value is 0.684. The van der Waals surface area contributed by atoms with E-state index in [0.717, 1.165) is 25.7 Å². The summed E-state index contributed by atoms with van der Waals surface area (Å²) in [5, 5.41) is 0. The van der Waals surface area contributed by atoms with Crippen molar-refractivity contribution in [1.29, 1.82) is 0 Å². The molecule has 0 atom stereocenters. The first kappa shape index (κ1) is 30.9. The Bertz CT molecular complexity index is 309. The molecule has 0 radical (unpaired) electrons. The van der Waals surface area contributed by atoms with E-state index in [4.69, 9.17) is 0 Å². The van der Waals surface area contributed by atoms with Gasteiger partial charge in [0.05, 0.1) is 0 Å². The third-order valence-electron chi connectivity index (χ3n) is 5.72. The molecule has 0 rings (SSSR count). The van der Waals surface area contributed by atoms with Crippen molar-refractivity contribution in [1.82, 2.24) is 0 Å². The van der Waals surface area contributed by atoms with Crippen LogP contribution in [-0.2, 0) is 21.1 Å². The zero-order valence-electron chi connectivity index (χ0n) is 19.2. The summed E-state index contributed by atoms with van der Waals surface area (Å²) in [5.41, 5.74) is 0. The van der Waals surface area contributed by atoms with Crippen molar-refractivity contribution < 1.29 is 25.9 Å². The van der Waals surface area contributed by atoms with E-state index >= 15 is 0 Å². The topological polar surface area (TPSA) is 37.3 Å². The molecule has 0 saturated heterocycles. The van der Waals surface area contributed by atoms with Gasteiger partial charge in [-0.15, -0.1) is 0 Å². The molecular weight excluding hydrogens is 410 g/mol. The molecular formula is C24H51NiO2P. The Labute approximate surface area is 187 Å². The third kappa shape index (κ3) is 24.7. The molecule has 0 aromatic rings. The van der Waals surface area contributed by atoms with Crippen molar-refractivity contribution in [3.8, 4) is 0 Å². The number of hydrogen-bond donors (Lipinski definition) is 1. The van der Waals surface area contributed by atoms with E-state index in [1.807, 2.05) is 0 Å². The molecule has 0 heterocycles. The van der Waals surface area contributed by atoms with Crippen LogP contribution in [0, 0.1) is 0 Å². The van der Waals surface area contributed by atoms with E-state index in [2.05, 4.69) is 13.8 Å². The molecule has 0 aromatic carbocycles. The summed E-state index contributed by atoms with van der Waals surface area (Å²) in [5.74, 6) is 0. The van der Waals surface area contributed by atoms with Gasteiger partial charge in [-0.25, -0.2) is 0 Å². The van der Waals surface area contributed by atoms with E-state index in [-0.39, 0.29) is 16.5 Å². The van der Waals surface area contributed by atoms with Crippen LogP contribution in [0.25, 0.3) is 0 Å². The first-order valence-electron chi connectivity index (χ1n) is 12.4. The van der Waals surface area contributed by atoms with E-state index in [9.17, 15) is 9.46 Å². The summed E-state index contributed by atoms with van der Waals surface area (Å²) < 4.78 is 12.2. The number of hydrogen-bond acceptors (Lipinski definition) is 1. The Balaban J connectivity index is 0. The average Bonchev–Trinajstić information content (AvgIpc) is 2.64. The van der Waals surface area contributed by atoms with Gasteiger partial charge in [0.2, 0.25) is 7.37 Å². The fourth-order valence-corrected chi connectivity index (χ4v) is 5.46. The van der Waals surface area contributed by atoms with Crippen LogP contribution in [0.3, 0.4) is 0 Å². The normalized spacial score (nSPS) is 11.5. The van der Waals surface area contributed by atoms with Gasteiger partial charge in [-0.3, -0.25) is 4.57 Å². The minimum absolute atomic E-state index is 0. The van der Waals surface area contributed by atoms with Crippen LogP contribution >= 0.6 is 7.37 Å². The molecule has 0 aromatic heterocycles. The molecule has 0 amide bonds. The van der Waals surface area contributed by atoms with Gasteiger partial charge in [-0.05, 0) is 12.8 Å². The van der Waals surface area contributed by atoms with Crippen molar-refractivity contribution >= 4 is 7.37 Å². The van der Waals surface area contributed by atoms with Crippen LogP contribution in [-0.4, -0.2) is 17.2 Å². The van der Waals surface area contributed by atoms with Crippen molar-refractivity contribution in [3.63, 3.8) is 0 Å². The van der Waals surface area contributed by atoms with Crippen molar-refractivity contribution in [3.05, 3.63) is 0 Å². The predicted molar refractivity (Wildman–Crippen MR) is 123 cm³/mol. The van der Waals surface area contributed by atoms with Crippen LogP contribution in [0.5, 0.6) is 0 Å². The Morgan fingerprint density at radius 3 is 0.929 bits per heavy atom. The quantitative estimate of drug-likeness (QED) is 0.0992. The van der Waals surface area contributed by atoms with Gasteiger partial charge in [0, 0.05) is 28.8 Å². The van der Waals surface area contributed by atoms with Crippen LogP contribution < -0.4 is 0 Å². The SMILES string of the molecule is CCCCCCCCCCCCP(=O)(O)CCCCCCCCCCCC.[Ni]. The van der Waals surface area contributed by atoms with Crippen LogP contribution in [0.2, 0.25) is 0 Å². The maximum absolute atomic E-state index is 12.2. The van der Waals surface area contributed by atoms with Gasteiger partial charge < -0.3 is 4.89 Å². The molecule has 0 saturated carbocycles. The van der Waals surface area contributed by atoms with Crippen molar-refractivity contribution in [2.24, 2.45) is 0 Å². The molecule has 0 bridgehead atoms. The van der Waals surface area contributed by atoms with Gasteiger partial charge in [0.15, 0.2) is 0 Å². The zero-order chi connectivity index (χ0) is 20.1. The standard InChI is InChI=1S/C24H51O2P.Ni/c1-3-5-7-9-11-13-15-17-19-21-23-27(25,26)24-22-20-18-16-14-12-10-8-6-4-2;/h3-24H2,1-2H3,(H,25,26);. The molecule has 0 spiro atoms. The van der Waals surface area contributed by atoms with E-state index in [0.29, 0.717) is 12.3 Å². The summed E-state index contributed by atoms with van der Waals surface area (Å²) in [6.07, 6.45) is 26.8. The van der Waals surface area contributed by atoms with Gasteiger partial charge in [-0.2, -0.15) is 0 Å². The first-order chi connectivity index (χ1) is 13.1. The maximum Gasteiger partial charge on any atom is 0.200 e. The molecule has 2 nitrogen and oxygen atoms in total. The molecule has 0 aliphatic rings. The number of rotatable bonds is 22. The smallest absolute Gasteiger partial charge is 0.200 e. The monoisotopic (exact) mass is 460 g/mol. The summed E-state index contributed by atoms with van der Waals surface area (Å²) in [7, 11) is -2.84. The number of unbranched alkanes of at least 4 members (excludes halogenated alkanes) is 18. The third-order valence-corrected chi connectivity index (χ3v) is 7.75. The Morgan fingerprint density at radius 2 is 0.679 bits per heavy atom. The largest absolute Gasteiger partial charge is 0.344 e. The molecule has 0 unspecified atom stereocenters. The Kier molecular flexibility index (Phi) is 26.4. The fourth-order valence-electron chi connectivity index (χ4n) is 3.80. The molecule has 1 N–H and O–H groups in total. The van der Waals surface area contributed by atoms with E-state index in [1.54, 1.807) is 0 Å². The van der Waals surface area contributed by atoms with Crippen LogP contribution in [0.4, 0.5) is 0 Å². The van der Waals surface area contributed by atoms with Crippen LogP contribution in [0.15, 0.2) is 0 Å². The second kappa shape index (κ2) is 24.0. The van der Waals surface area contributed by atoms with Gasteiger partial charge in [0.25, 0.3) is 0 Å². The average molecular weight is 461 g/mol. The minimum atomic E-state index is -2.84. The maximum atomic E-state index is 12.2. The first-order valence-corrected chi connectivity index (χ1v) is 14.5. The van der Waals surface area contributed by atoms with Gasteiger partial charge in [0.1, 0.15) is 0 Å². The van der Waals surface area contributed by atoms with Crippen molar-refractivity contribution in [2.75, 3.05) is 12.3 Å². The van der Waals surface area contributed by atoms with Gasteiger partial charge in [-0.1, -0.05) is 129 Å². The summed E-state index contributed by atoms with van der Waals surface area (Å²) in [6, 6.07) is 0. The van der Waals surface area contributed by atoms with Gasteiger partial charge >= 0.3 is 0 Å². The fraction of sp³-hybridized carbons (Fsp3) is 1.00. The second-order valence-corrected chi connectivity index (χ2v) is 11.2. The second-order valence-electron chi connectivity index (χ2n) is 8.66. The summed E-state index contributed by atoms with van der Waals surface area (Å²) >= 11 is 0. The summed E-state index contributed by atoms with van der Waals surface area (Å²) in [4.78, 5) is 10.1. The molecule has 28 heavy (non-hydrogen) atoms. The van der Waals surface area contributed by atoms with Crippen molar-refractivity contribution in [2.45, 2.75) is 142 Å². The molecule has 0 fully saturated rings. The molecule has 4 heteroatoms.